The minimum atomic E-state index is -3.45. The van der Waals surface area contributed by atoms with Gasteiger partial charge in [0.05, 0.1) is 5.75 Å². The molecule has 0 amide bonds. The molecule has 0 bridgehead atoms. The maximum absolute atomic E-state index is 11.9. The fourth-order valence-corrected chi connectivity index (χ4v) is 3.43. The fourth-order valence-electron chi connectivity index (χ4n) is 2.02. The van der Waals surface area contributed by atoms with Gasteiger partial charge in [0.15, 0.2) is 9.84 Å². The summed E-state index contributed by atoms with van der Waals surface area (Å²) in [6.45, 7) is 3.20. The average molecular weight is 256 g/mol. The van der Waals surface area contributed by atoms with E-state index >= 15 is 0 Å². The first kappa shape index (κ1) is 12.3. The van der Waals surface area contributed by atoms with Crippen LogP contribution in [0.4, 0.5) is 0 Å². The molecule has 2 N–H and O–H groups in total. The number of sulfone groups is 1. The predicted octanol–water partition coefficient (Wildman–Crippen LogP) is 0.204. The Kier molecular flexibility index (Phi) is 3.35. The molecule has 1 aromatic rings. The van der Waals surface area contributed by atoms with E-state index in [0.717, 1.165) is 24.2 Å². The van der Waals surface area contributed by atoms with Crippen LogP contribution in [0.3, 0.4) is 0 Å². The third-order valence-electron chi connectivity index (χ3n) is 2.86. The summed E-state index contributed by atoms with van der Waals surface area (Å²) in [5, 5.41) is 3.15. The van der Waals surface area contributed by atoms with Crippen molar-refractivity contribution in [2.45, 2.75) is 31.2 Å². The van der Waals surface area contributed by atoms with Gasteiger partial charge in [0, 0.05) is 25.2 Å². The molecular weight excluding hydrogens is 240 g/mol. The van der Waals surface area contributed by atoms with Crippen LogP contribution in [0.25, 0.3) is 0 Å². The van der Waals surface area contributed by atoms with Crippen molar-refractivity contribution in [3.8, 4) is 0 Å². The van der Waals surface area contributed by atoms with Gasteiger partial charge in [0.25, 0.3) is 5.56 Å². The van der Waals surface area contributed by atoms with Gasteiger partial charge in [-0.2, -0.15) is 0 Å². The van der Waals surface area contributed by atoms with E-state index in [1.54, 1.807) is 6.92 Å². The van der Waals surface area contributed by atoms with Gasteiger partial charge in [-0.15, -0.1) is 0 Å². The van der Waals surface area contributed by atoms with E-state index in [0.29, 0.717) is 13.0 Å². The van der Waals surface area contributed by atoms with Crippen LogP contribution in [0.5, 0.6) is 0 Å². The number of rotatable bonds is 3. The molecule has 0 saturated heterocycles. The van der Waals surface area contributed by atoms with Crippen molar-refractivity contribution in [2.24, 2.45) is 0 Å². The minimum Gasteiger partial charge on any atom is -0.325 e. The highest BCUT2D eigenvalue weighted by Crippen LogP contribution is 2.14. The van der Waals surface area contributed by atoms with Gasteiger partial charge in [-0.25, -0.2) is 8.42 Å². The molecule has 0 fully saturated rings. The molecule has 0 spiro atoms. The first-order valence-corrected chi connectivity index (χ1v) is 7.38. The summed E-state index contributed by atoms with van der Waals surface area (Å²) >= 11 is 0. The van der Waals surface area contributed by atoms with E-state index in [1.807, 2.05) is 0 Å². The first-order valence-electron chi connectivity index (χ1n) is 5.73. The number of hydrogen-bond acceptors (Lipinski definition) is 4. The Hall–Kier alpha value is -1.14. The smallest absolute Gasteiger partial charge is 0.266 e. The van der Waals surface area contributed by atoms with Crippen LogP contribution in [-0.2, 0) is 22.8 Å². The second-order valence-corrected chi connectivity index (χ2v) is 6.29. The first-order chi connectivity index (χ1) is 8.04. The number of nitrogens with one attached hydrogen (secondary N) is 2. The number of H-pyrrole nitrogens is 1. The zero-order valence-electron chi connectivity index (χ0n) is 9.75. The Morgan fingerprint density at radius 3 is 2.88 bits per heavy atom. The average Bonchev–Trinajstić information content (AvgIpc) is 2.27. The van der Waals surface area contributed by atoms with Crippen LogP contribution < -0.4 is 10.9 Å². The standard InChI is InChI=1S/C11H16N2O3S/c1-2-5-17(15,16)10-6-8-7-12-4-3-9(8)13-11(10)14/h6,12H,2-5,7H2,1H3,(H,13,14). The topological polar surface area (TPSA) is 79.0 Å². The van der Waals surface area contributed by atoms with Crippen molar-refractivity contribution >= 4 is 9.84 Å². The van der Waals surface area contributed by atoms with Crippen LogP contribution in [0.1, 0.15) is 24.6 Å². The normalized spacial score (nSPS) is 15.6. The summed E-state index contributed by atoms with van der Waals surface area (Å²) < 4.78 is 23.8. The molecule has 0 radical (unpaired) electrons. The van der Waals surface area contributed by atoms with E-state index in [2.05, 4.69) is 10.3 Å². The summed E-state index contributed by atoms with van der Waals surface area (Å²) in [4.78, 5) is 14.3. The number of aromatic nitrogens is 1. The lowest BCUT2D eigenvalue weighted by Crippen LogP contribution is -2.29. The highest BCUT2D eigenvalue weighted by Gasteiger charge is 2.21. The monoisotopic (exact) mass is 256 g/mol. The van der Waals surface area contributed by atoms with Gasteiger partial charge in [-0.05, 0) is 18.1 Å². The molecule has 17 heavy (non-hydrogen) atoms. The molecule has 1 aliphatic heterocycles. The molecule has 2 rings (SSSR count). The third-order valence-corrected chi connectivity index (χ3v) is 4.78. The van der Waals surface area contributed by atoms with Crippen LogP contribution in [0.2, 0.25) is 0 Å². The van der Waals surface area contributed by atoms with Crippen LogP contribution >= 0.6 is 0 Å². The number of hydrogen-bond donors (Lipinski definition) is 2. The summed E-state index contributed by atoms with van der Waals surface area (Å²) in [6, 6.07) is 1.52. The van der Waals surface area contributed by atoms with Crippen molar-refractivity contribution in [3.63, 3.8) is 0 Å². The van der Waals surface area contributed by atoms with Crippen LogP contribution in [0.15, 0.2) is 15.8 Å². The van der Waals surface area contributed by atoms with Gasteiger partial charge in [-0.1, -0.05) is 6.92 Å². The van der Waals surface area contributed by atoms with Gasteiger partial charge < -0.3 is 10.3 Å². The lowest BCUT2D eigenvalue weighted by Gasteiger charge is -2.17. The molecule has 0 aliphatic carbocycles. The second-order valence-electron chi connectivity index (χ2n) is 4.21. The van der Waals surface area contributed by atoms with Crippen LogP contribution in [-0.4, -0.2) is 25.7 Å². The Balaban J connectivity index is 2.53. The van der Waals surface area contributed by atoms with Crippen molar-refractivity contribution in [2.75, 3.05) is 12.3 Å². The lowest BCUT2D eigenvalue weighted by molar-refractivity contribution is 0.589. The lowest BCUT2D eigenvalue weighted by atomic mass is 10.1. The van der Waals surface area contributed by atoms with Crippen molar-refractivity contribution < 1.29 is 8.42 Å². The maximum Gasteiger partial charge on any atom is 0.266 e. The number of fused-ring (bicyclic) bond motifs is 1. The minimum absolute atomic E-state index is 0.0162. The molecule has 1 aromatic heterocycles. The predicted molar refractivity (Wildman–Crippen MR) is 64.8 cm³/mol. The van der Waals surface area contributed by atoms with Gasteiger partial charge in [-0.3, -0.25) is 4.79 Å². The van der Waals surface area contributed by atoms with E-state index in [1.165, 1.54) is 6.07 Å². The van der Waals surface area contributed by atoms with E-state index < -0.39 is 15.4 Å². The molecule has 6 heteroatoms. The van der Waals surface area contributed by atoms with Gasteiger partial charge >= 0.3 is 0 Å². The zero-order chi connectivity index (χ0) is 12.5. The molecule has 2 heterocycles. The molecule has 0 unspecified atom stereocenters. The van der Waals surface area contributed by atoms with Crippen molar-refractivity contribution in [1.82, 2.24) is 10.3 Å². The molecule has 5 nitrogen and oxygen atoms in total. The molecule has 0 aromatic carbocycles. The van der Waals surface area contributed by atoms with Crippen molar-refractivity contribution in [3.05, 3.63) is 27.7 Å². The van der Waals surface area contributed by atoms with Gasteiger partial charge in [0.1, 0.15) is 4.90 Å². The third kappa shape index (κ3) is 2.42. The molecular formula is C11H16N2O3S. The number of aromatic amines is 1. The number of pyridine rings is 1. The summed E-state index contributed by atoms with van der Waals surface area (Å²) in [6.07, 6.45) is 1.25. The quantitative estimate of drug-likeness (QED) is 0.810. The molecule has 1 aliphatic rings. The Morgan fingerprint density at radius 2 is 2.18 bits per heavy atom. The fraction of sp³-hybridized carbons (Fsp3) is 0.545. The largest absolute Gasteiger partial charge is 0.325 e. The van der Waals surface area contributed by atoms with E-state index in [9.17, 15) is 13.2 Å². The van der Waals surface area contributed by atoms with Crippen LogP contribution in [0, 0.1) is 0 Å². The highest BCUT2D eigenvalue weighted by molar-refractivity contribution is 7.91. The Bertz CT molecular complexity index is 575. The Labute approximate surface area is 100 Å². The molecule has 0 atom stereocenters. The summed E-state index contributed by atoms with van der Waals surface area (Å²) in [5.41, 5.74) is 1.24. The molecule has 94 valence electrons. The second kappa shape index (κ2) is 4.62. The zero-order valence-corrected chi connectivity index (χ0v) is 10.6. The highest BCUT2D eigenvalue weighted by atomic mass is 32.2. The van der Waals surface area contributed by atoms with Crippen molar-refractivity contribution in [1.29, 1.82) is 0 Å². The Morgan fingerprint density at radius 1 is 1.41 bits per heavy atom. The van der Waals surface area contributed by atoms with E-state index in [-0.39, 0.29) is 10.6 Å². The molecule has 0 saturated carbocycles. The van der Waals surface area contributed by atoms with E-state index in [4.69, 9.17) is 0 Å². The summed E-state index contributed by atoms with van der Waals surface area (Å²) in [5.74, 6) is 0.0162. The SMILES string of the molecule is CCCS(=O)(=O)c1cc2c([nH]c1=O)CCNC2. The maximum atomic E-state index is 11.9. The summed E-state index contributed by atoms with van der Waals surface area (Å²) in [7, 11) is -3.45. The van der Waals surface area contributed by atoms with Gasteiger partial charge in [0.2, 0.25) is 0 Å².